The smallest absolute Gasteiger partial charge is 0.328 e. The number of esters is 1. The summed E-state index contributed by atoms with van der Waals surface area (Å²) >= 11 is 5.83. The molecule has 20 heavy (non-hydrogen) atoms. The summed E-state index contributed by atoms with van der Waals surface area (Å²) < 4.78 is 4.73. The molecule has 1 amide bonds. The lowest BCUT2D eigenvalue weighted by Gasteiger charge is -2.21. The van der Waals surface area contributed by atoms with Gasteiger partial charge >= 0.3 is 5.97 Å². The number of ether oxygens (including phenoxy) is 1. The molecule has 0 bridgehead atoms. The van der Waals surface area contributed by atoms with Gasteiger partial charge in [-0.2, -0.15) is 0 Å². The molecule has 6 heteroatoms. The largest absolute Gasteiger partial charge is 0.467 e. The maximum atomic E-state index is 12.2. The molecule has 1 aromatic heterocycles. The van der Waals surface area contributed by atoms with Crippen LogP contribution in [0.25, 0.3) is 0 Å². The van der Waals surface area contributed by atoms with Gasteiger partial charge in [0.05, 0.1) is 7.11 Å². The van der Waals surface area contributed by atoms with Gasteiger partial charge in [-0.1, -0.05) is 31.9 Å². The van der Waals surface area contributed by atoms with Crippen LogP contribution >= 0.6 is 11.6 Å². The molecule has 0 radical (unpaired) electrons. The van der Waals surface area contributed by atoms with Crippen LogP contribution in [0.2, 0.25) is 5.15 Å². The summed E-state index contributed by atoms with van der Waals surface area (Å²) in [5, 5.41) is 2.93. The SMILES string of the molecule is CCC(C)C(NC(=O)c1cc(C)nc(Cl)c1)C(=O)OC. The Balaban J connectivity index is 2.93. The zero-order chi connectivity index (χ0) is 15.3. The minimum absolute atomic E-state index is 0.0233. The Morgan fingerprint density at radius 3 is 2.60 bits per heavy atom. The number of methoxy groups -OCH3 is 1. The van der Waals surface area contributed by atoms with E-state index in [1.165, 1.54) is 13.2 Å². The van der Waals surface area contributed by atoms with Gasteiger partial charge in [0.1, 0.15) is 11.2 Å². The van der Waals surface area contributed by atoms with Crippen LogP contribution < -0.4 is 5.32 Å². The molecule has 0 aliphatic carbocycles. The second kappa shape index (κ2) is 7.24. The first kappa shape index (κ1) is 16.4. The maximum Gasteiger partial charge on any atom is 0.328 e. The number of carbonyl (C=O) groups is 2. The molecule has 5 nitrogen and oxygen atoms in total. The summed E-state index contributed by atoms with van der Waals surface area (Å²) in [5.41, 5.74) is 1.01. The van der Waals surface area contributed by atoms with Crippen LogP contribution in [0.4, 0.5) is 0 Å². The van der Waals surface area contributed by atoms with Crippen molar-refractivity contribution in [3.63, 3.8) is 0 Å². The van der Waals surface area contributed by atoms with Crippen LogP contribution in [-0.2, 0) is 9.53 Å². The van der Waals surface area contributed by atoms with Gasteiger partial charge in [0.15, 0.2) is 0 Å². The Hall–Kier alpha value is -1.62. The zero-order valence-electron chi connectivity index (χ0n) is 12.1. The average molecular weight is 299 g/mol. The predicted molar refractivity (Wildman–Crippen MR) is 76.7 cm³/mol. The number of amides is 1. The number of aryl methyl sites for hydroxylation is 1. The first-order valence-corrected chi connectivity index (χ1v) is 6.79. The number of halogens is 1. The third-order valence-corrected chi connectivity index (χ3v) is 3.33. The molecule has 0 fully saturated rings. The molecule has 1 rings (SSSR count). The zero-order valence-corrected chi connectivity index (χ0v) is 12.8. The molecule has 1 aromatic rings. The molecule has 0 aliphatic rings. The number of rotatable bonds is 5. The number of aromatic nitrogens is 1. The summed E-state index contributed by atoms with van der Waals surface area (Å²) in [7, 11) is 1.30. The Morgan fingerprint density at radius 1 is 1.45 bits per heavy atom. The van der Waals surface area contributed by atoms with Crippen molar-refractivity contribution < 1.29 is 14.3 Å². The van der Waals surface area contributed by atoms with Gasteiger partial charge in [-0.15, -0.1) is 0 Å². The number of carbonyl (C=O) groups excluding carboxylic acids is 2. The van der Waals surface area contributed by atoms with Gasteiger partial charge in [-0.05, 0) is 25.0 Å². The Bertz CT molecular complexity index is 485. The lowest BCUT2D eigenvalue weighted by Crippen LogP contribution is -2.45. The molecule has 2 atom stereocenters. The van der Waals surface area contributed by atoms with Crippen molar-refractivity contribution in [2.24, 2.45) is 5.92 Å². The molecule has 2 unspecified atom stereocenters. The Morgan fingerprint density at radius 2 is 2.10 bits per heavy atom. The molecule has 1 heterocycles. The van der Waals surface area contributed by atoms with E-state index in [0.717, 1.165) is 6.42 Å². The fourth-order valence-electron chi connectivity index (χ4n) is 1.78. The molecular formula is C14H19ClN2O3. The van der Waals surface area contributed by atoms with E-state index in [-0.39, 0.29) is 17.0 Å². The fraction of sp³-hybridized carbons (Fsp3) is 0.500. The van der Waals surface area contributed by atoms with Gasteiger partial charge in [0.2, 0.25) is 0 Å². The third-order valence-electron chi connectivity index (χ3n) is 3.14. The second-order valence-electron chi connectivity index (χ2n) is 4.68. The number of nitrogens with one attached hydrogen (secondary N) is 1. The summed E-state index contributed by atoms with van der Waals surface area (Å²) in [6, 6.07) is 2.41. The van der Waals surface area contributed by atoms with Crippen LogP contribution in [0, 0.1) is 12.8 Å². The molecular weight excluding hydrogens is 280 g/mol. The quantitative estimate of drug-likeness (QED) is 0.669. The number of hydrogen-bond acceptors (Lipinski definition) is 4. The van der Waals surface area contributed by atoms with Crippen LogP contribution in [0.5, 0.6) is 0 Å². The van der Waals surface area contributed by atoms with Gasteiger partial charge in [0, 0.05) is 11.3 Å². The highest BCUT2D eigenvalue weighted by atomic mass is 35.5. The minimum atomic E-state index is -0.676. The minimum Gasteiger partial charge on any atom is -0.467 e. The van der Waals surface area contributed by atoms with Crippen molar-refractivity contribution in [3.05, 3.63) is 28.5 Å². The topological polar surface area (TPSA) is 68.3 Å². The summed E-state index contributed by atoms with van der Waals surface area (Å²) in [6.45, 7) is 5.57. The summed E-state index contributed by atoms with van der Waals surface area (Å²) in [5.74, 6) is -0.845. The van der Waals surface area contributed by atoms with Crippen LogP contribution in [0.15, 0.2) is 12.1 Å². The number of hydrogen-bond donors (Lipinski definition) is 1. The lowest BCUT2D eigenvalue weighted by molar-refractivity contribution is -0.144. The van der Waals surface area contributed by atoms with Crippen molar-refractivity contribution in [1.82, 2.24) is 10.3 Å². The van der Waals surface area contributed by atoms with Crippen molar-refractivity contribution in [1.29, 1.82) is 0 Å². The highest BCUT2D eigenvalue weighted by Gasteiger charge is 2.27. The van der Waals surface area contributed by atoms with E-state index in [2.05, 4.69) is 10.3 Å². The first-order valence-electron chi connectivity index (χ1n) is 6.41. The monoisotopic (exact) mass is 298 g/mol. The predicted octanol–water partition coefficient (Wildman–Crippen LogP) is 2.36. The van der Waals surface area contributed by atoms with E-state index >= 15 is 0 Å². The summed E-state index contributed by atoms with van der Waals surface area (Å²) in [4.78, 5) is 27.9. The van der Waals surface area contributed by atoms with Crippen molar-refractivity contribution in [3.8, 4) is 0 Å². The number of pyridine rings is 1. The van der Waals surface area contributed by atoms with E-state index < -0.39 is 12.0 Å². The van der Waals surface area contributed by atoms with Crippen LogP contribution in [0.3, 0.4) is 0 Å². The average Bonchev–Trinajstić information content (AvgIpc) is 2.41. The van der Waals surface area contributed by atoms with Crippen molar-refractivity contribution >= 4 is 23.5 Å². The van der Waals surface area contributed by atoms with Crippen LogP contribution in [0.1, 0.15) is 36.3 Å². The standard InChI is InChI=1S/C14H19ClN2O3/c1-5-8(2)12(14(19)20-4)17-13(18)10-6-9(3)16-11(15)7-10/h6-8,12H,5H2,1-4H3,(H,17,18). The first-order chi connectivity index (χ1) is 9.38. The van der Waals surface area contributed by atoms with Crippen LogP contribution in [-0.4, -0.2) is 30.0 Å². The molecule has 1 N–H and O–H groups in total. The maximum absolute atomic E-state index is 12.2. The number of nitrogens with zero attached hydrogens (tertiary/aromatic N) is 1. The van der Waals surface area contributed by atoms with E-state index in [1.807, 2.05) is 13.8 Å². The molecule has 110 valence electrons. The molecule has 0 saturated heterocycles. The molecule has 0 aliphatic heterocycles. The molecule has 0 spiro atoms. The summed E-state index contributed by atoms with van der Waals surface area (Å²) in [6.07, 6.45) is 0.746. The van der Waals surface area contributed by atoms with E-state index in [4.69, 9.17) is 16.3 Å². The highest BCUT2D eigenvalue weighted by Crippen LogP contribution is 2.13. The highest BCUT2D eigenvalue weighted by molar-refractivity contribution is 6.29. The van der Waals surface area contributed by atoms with Crippen molar-refractivity contribution in [2.45, 2.75) is 33.2 Å². The second-order valence-corrected chi connectivity index (χ2v) is 5.07. The van der Waals surface area contributed by atoms with E-state index in [9.17, 15) is 9.59 Å². The van der Waals surface area contributed by atoms with Gasteiger partial charge in [-0.3, -0.25) is 4.79 Å². The lowest BCUT2D eigenvalue weighted by atomic mass is 9.99. The van der Waals surface area contributed by atoms with E-state index in [0.29, 0.717) is 11.3 Å². The fourth-order valence-corrected chi connectivity index (χ4v) is 2.03. The molecule has 0 saturated carbocycles. The van der Waals surface area contributed by atoms with Gasteiger partial charge in [-0.25, -0.2) is 9.78 Å². The molecule has 0 aromatic carbocycles. The Kier molecular flexibility index (Phi) is 5.95. The van der Waals surface area contributed by atoms with Gasteiger partial charge < -0.3 is 10.1 Å². The van der Waals surface area contributed by atoms with E-state index in [1.54, 1.807) is 13.0 Å². The van der Waals surface area contributed by atoms with Gasteiger partial charge in [0.25, 0.3) is 5.91 Å². The Labute approximate surface area is 123 Å². The third kappa shape index (κ3) is 4.20. The normalized spacial score (nSPS) is 13.4. The van der Waals surface area contributed by atoms with Crippen molar-refractivity contribution in [2.75, 3.05) is 7.11 Å².